The van der Waals surface area contributed by atoms with Gasteiger partial charge in [0.05, 0.1) is 12.7 Å². The van der Waals surface area contributed by atoms with Gasteiger partial charge in [0.2, 0.25) is 0 Å². The molecule has 0 bridgehead atoms. The number of aromatic carboxylic acids is 1. The topological polar surface area (TPSA) is 55.8 Å². The number of methoxy groups -OCH3 is 1. The molecule has 0 amide bonds. The molecule has 0 aliphatic carbocycles. The van der Waals surface area contributed by atoms with Crippen molar-refractivity contribution in [1.82, 2.24) is 0 Å². The molecule has 4 nitrogen and oxygen atoms in total. The minimum atomic E-state index is -4.80. The summed E-state index contributed by atoms with van der Waals surface area (Å²) < 4.78 is 45.8. The highest BCUT2D eigenvalue weighted by atomic mass is 19.4. The lowest BCUT2D eigenvalue weighted by Crippen LogP contribution is -2.17. The number of ether oxygens (including phenoxy) is 2. The van der Waals surface area contributed by atoms with E-state index in [9.17, 15) is 18.0 Å². The monoisotopic (exact) mass is 312 g/mol. The number of carboxylic acid groups (broad SMARTS) is 1. The molecule has 0 unspecified atom stereocenters. The highest BCUT2D eigenvalue weighted by Crippen LogP contribution is 2.34. The first-order valence-corrected chi connectivity index (χ1v) is 6.07. The molecule has 0 spiro atoms. The molecule has 0 saturated carbocycles. The molecule has 0 aliphatic rings. The van der Waals surface area contributed by atoms with Crippen LogP contribution in [0.5, 0.6) is 11.5 Å². The fraction of sp³-hybridized carbons (Fsp3) is 0.133. The third-order valence-electron chi connectivity index (χ3n) is 2.83. The van der Waals surface area contributed by atoms with Crippen molar-refractivity contribution in [3.63, 3.8) is 0 Å². The lowest BCUT2D eigenvalue weighted by Gasteiger charge is -2.12. The Labute approximate surface area is 123 Å². The van der Waals surface area contributed by atoms with Crippen molar-refractivity contribution in [2.45, 2.75) is 6.36 Å². The van der Waals surface area contributed by atoms with Crippen molar-refractivity contribution in [3.05, 3.63) is 48.0 Å². The van der Waals surface area contributed by atoms with Crippen LogP contribution in [-0.4, -0.2) is 24.5 Å². The van der Waals surface area contributed by atoms with Crippen molar-refractivity contribution >= 4 is 5.97 Å². The maximum atomic E-state index is 12.3. The maximum absolute atomic E-state index is 12.3. The van der Waals surface area contributed by atoms with Crippen LogP contribution in [0.1, 0.15) is 10.4 Å². The normalized spacial score (nSPS) is 11.1. The van der Waals surface area contributed by atoms with Crippen LogP contribution < -0.4 is 9.47 Å². The number of carbonyl (C=O) groups is 1. The number of rotatable bonds is 4. The highest BCUT2D eigenvalue weighted by molar-refractivity contribution is 5.90. The summed E-state index contributed by atoms with van der Waals surface area (Å²) in [4.78, 5) is 11.0. The van der Waals surface area contributed by atoms with Crippen molar-refractivity contribution in [2.24, 2.45) is 0 Å². The molecule has 0 fully saturated rings. The van der Waals surface area contributed by atoms with E-state index in [-0.39, 0.29) is 5.56 Å². The molecule has 7 heteroatoms. The van der Waals surface area contributed by atoms with Crippen LogP contribution in [-0.2, 0) is 0 Å². The number of halogens is 3. The SMILES string of the molecule is COc1ccc(C(=O)O)cc1-c1cccc(OC(F)(F)F)c1. The summed E-state index contributed by atoms with van der Waals surface area (Å²) in [6, 6.07) is 9.35. The lowest BCUT2D eigenvalue weighted by molar-refractivity contribution is -0.274. The smallest absolute Gasteiger partial charge is 0.496 e. The summed E-state index contributed by atoms with van der Waals surface area (Å²) in [6.07, 6.45) is -4.80. The first-order chi connectivity index (χ1) is 10.3. The quantitative estimate of drug-likeness (QED) is 0.928. The van der Waals surface area contributed by atoms with Crippen LogP contribution in [0.4, 0.5) is 13.2 Å². The zero-order valence-corrected chi connectivity index (χ0v) is 11.3. The predicted octanol–water partition coefficient (Wildman–Crippen LogP) is 3.96. The third-order valence-corrected chi connectivity index (χ3v) is 2.83. The number of carboxylic acids is 1. The number of benzene rings is 2. The van der Waals surface area contributed by atoms with E-state index < -0.39 is 18.1 Å². The van der Waals surface area contributed by atoms with Gasteiger partial charge in [0.1, 0.15) is 11.5 Å². The van der Waals surface area contributed by atoms with E-state index in [0.717, 1.165) is 12.1 Å². The van der Waals surface area contributed by atoms with E-state index in [1.807, 2.05) is 0 Å². The number of hydrogen-bond donors (Lipinski definition) is 1. The van der Waals surface area contributed by atoms with Crippen molar-refractivity contribution in [1.29, 1.82) is 0 Å². The second-order valence-corrected chi connectivity index (χ2v) is 4.30. The molecular formula is C15H11F3O4. The Morgan fingerprint density at radius 1 is 1.14 bits per heavy atom. The van der Waals surface area contributed by atoms with Gasteiger partial charge in [-0.2, -0.15) is 0 Å². The second-order valence-electron chi connectivity index (χ2n) is 4.30. The van der Waals surface area contributed by atoms with Gasteiger partial charge in [-0.3, -0.25) is 0 Å². The first-order valence-electron chi connectivity index (χ1n) is 6.07. The Morgan fingerprint density at radius 2 is 1.86 bits per heavy atom. The second kappa shape index (κ2) is 5.97. The van der Waals surface area contributed by atoms with E-state index in [1.54, 1.807) is 0 Å². The molecule has 1 N–H and O–H groups in total. The largest absolute Gasteiger partial charge is 0.573 e. The van der Waals surface area contributed by atoms with Crippen LogP contribution in [0.25, 0.3) is 11.1 Å². The number of alkyl halides is 3. The Morgan fingerprint density at radius 3 is 2.45 bits per heavy atom. The van der Waals surface area contributed by atoms with Gasteiger partial charge in [-0.1, -0.05) is 12.1 Å². The van der Waals surface area contributed by atoms with Crippen LogP contribution >= 0.6 is 0 Å². The fourth-order valence-corrected chi connectivity index (χ4v) is 1.93. The zero-order chi connectivity index (χ0) is 16.3. The van der Waals surface area contributed by atoms with Crippen LogP contribution in [0.3, 0.4) is 0 Å². The van der Waals surface area contributed by atoms with Gasteiger partial charge in [0.15, 0.2) is 0 Å². The van der Waals surface area contributed by atoms with E-state index >= 15 is 0 Å². The van der Waals surface area contributed by atoms with Crippen LogP contribution in [0, 0.1) is 0 Å². The summed E-state index contributed by atoms with van der Waals surface area (Å²) >= 11 is 0. The summed E-state index contributed by atoms with van der Waals surface area (Å²) in [7, 11) is 1.38. The molecule has 0 saturated heterocycles. The molecule has 0 aliphatic heterocycles. The molecule has 116 valence electrons. The zero-order valence-electron chi connectivity index (χ0n) is 11.3. The van der Waals surface area contributed by atoms with E-state index in [4.69, 9.17) is 9.84 Å². The molecule has 0 radical (unpaired) electrons. The molecule has 2 aromatic carbocycles. The molecule has 0 heterocycles. The highest BCUT2D eigenvalue weighted by Gasteiger charge is 2.31. The van der Waals surface area contributed by atoms with Gasteiger partial charge in [-0.15, -0.1) is 13.2 Å². The summed E-state index contributed by atoms with van der Waals surface area (Å²) in [6.45, 7) is 0. The standard InChI is InChI=1S/C15H11F3O4/c1-21-13-6-5-10(14(19)20)8-12(13)9-3-2-4-11(7-9)22-15(16,17)18/h2-8H,1H3,(H,19,20). The lowest BCUT2D eigenvalue weighted by atomic mass is 10.0. The van der Waals surface area contributed by atoms with Crippen LogP contribution in [0.15, 0.2) is 42.5 Å². The first kappa shape index (κ1) is 15.7. The van der Waals surface area contributed by atoms with Gasteiger partial charge >= 0.3 is 12.3 Å². The Balaban J connectivity index is 2.48. The van der Waals surface area contributed by atoms with Crippen molar-refractivity contribution in [3.8, 4) is 22.6 Å². The van der Waals surface area contributed by atoms with Crippen LogP contribution in [0.2, 0.25) is 0 Å². The Hall–Kier alpha value is -2.70. The third kappa shape index (κ3) is 3.69. The number of hydrogen-bond acceptors (Lipinski definition) is 3. The van der Waals surface area contributed by atoms with Gasteiger partial charge < -0.3 is 14.6 Å². The van der Waals surface area contributed by atoms with Crippen molar-refractivity contribution < 1.29 is 32.5 Å². The van der Waals surface area contributed by atoms with E-state index in [0.29, 0.717) is 16.9 Å². The predicted molar refractivity (Wildman–Crippen MR) is 72.1 cm³/mol. The molecule has 0 aromatic heterocycles. The van der Waals surface area contributed by atoms with E-state index in [1.165, 1.54) is 37.4 Å². The molecular weight excluding hydrogens is 301 g/mol. The van der Waals surface area contributed by atoms with Crippen molar-refractivity contribution in [2.75, 3.05) is 7.11 Å². The Bertz CT molecular complexity index is 695. The molecule has 0 atom stereocenters. The molecule has 2 rings (SSSR count). The molecule has 2 aromatic rings. The van der Waals surface area contributed by atoms with Gasteiger partial charge in [0.25, 0.3) is 0 Å². The van der Waals surface area contributed by atoms with Gasteiger partial charge in [-0.05, 0) is 35.9 Å². The summed E-state index contributed by atoms with van der Waals surface area (Å²) in [5.41, 5.74) is 0.703. The van der Waals surface area contributed by atoms with Gasteiger partial charge in [0, 0.05) is 5.56 Å². The average molecular weight is 312 g/mol. The van der Waals surface area contributed by atoms with E-state index in [2.05, 4.69) is 4.74 Å². The minimum absolute atomic E-state index is 0.00190. The molecule has 22 heavy (non-hydrogen) atoms. The summed E-state index contributed by atoms with van der Waals surface area (Å²) in [5.74, 6) is -1.20. The van der Waals surface area contributed by atoms with Gasteiger partial charge in [-0.25, -0.2) is 4.79 Å². The minimum Gasteiger partial charge on any atom is -0.496 e. The maximum Gasteiger partial charge on any atom is 0.573 e. The Kier molecular flexibility index (Phi) is 4.25. The average Bonchev–Trinajstić information content (AvgIpc) is 2.45. The summed E-state index contributed by atoms with van der Waals surface area (Å²) in [5, 5.41) is 9.01. The fourth-order valence-electron chi connectivity index (χ4n) is 1.93.